The Morgan fingerprint density at radius 2 is 0.891 bits per heavy atom. The van der Waals surface area contributed by atoms with E-state index in [1.165, 1.54) is 58.8 Å². The summed E-state index contributed by atoms with van der Waals surface area (Å²) < 4.78 is 8.89. The van der Waals surface area contributed by atoms with Crippen molar-refractivity contribution < 1.29 is 4.42 Å². The fourth-order valence-electron chi connectivity index (χ4n) is 8.27. The van der Waals surface area contributed by atoms with Crippen LogP contribution >= 0.6 is 11.3 Å². The van der Waals surface area contributed by atoms with E-state index in [-0.39, 0.29) is 0 Å². The van der Waals surface area contributed by atoms with Gasteiger partial charge in [0.1, 0.15) is 11.2 Å². The summed E-state index contributed by atoms with van der Waals surface area (Å²) in [5.74, 6) is 0. The lowest BCUT2D eigenvalue weighted by atomic mass is 9.97. The second-order valence-corrected chi connectivity index (χ2v) is 15.1. The van der Waals surface area contributed by atoms with Gasteiger partial charge in [0.2, 0.25) is 0 Å². The first-order chi connectivity index (χ1) is 27.3. The summed E-state index contributed by atoms with van der Waals surface area (Å²) in [4.78, 5) is 2.35. The van der Waals surface area contributed by atoms with Gasteiger partial charge in [-0.05, 0) is 98.8 Å². The molecule has 2 nitrogen and oxygen atoms in total. The summed E-state index contributed by atoms with van der Waals surface area (Å²) in [5, 5.41) is 7.53. The van der Waals surface area contributed by atoms with Gasteiger partial charge in [0.25, 0.3) is 0 Å². The molecule has 11 rings (SSSR count). The number of hydrogen-bond donors (Lipinski definition) is 0. The first kappa shape index (κ1) is 31.6. The molecule has 0 unspecified atom stereocenters. The SMILES string of the molecule is c1ccc(-c2ccc(N(c3ccc(-c4cccc5oc6ccccc6c45)cc3)c3ccc(-c4cccc5sc6c7ccccc7ccc6c45)cc3)cc2)cc1. The Morgan fingerprint density at radius 1 is 0.345 bits per heavy atom. The fourth-order valence-corrected chi connectivity index (χ4v) is 9.53. The number of fused-ring (bicyclic) bond motifs is 8. The Bertz CT molecular complexity index is 3170. The molecule has 0 aliphatic carbocycles. The van der Waals surface area contributed by atoms with Crippen molar-refractivity contribution in [3.63, 3.8) is 0 Å². The molecule has 0 radical (unpaired) electrons. The van der Waals surface area contributed by atoms with Crippen molar-refractivity contribution in [1.29, 1.82) is 0 Å². The minimum Gasteiger partial charge on any atom is -0.456 e. The molecule has 2 aromatic heterocycles. The van der Waals surface area contributed by atoms with Crippen molar-refractivity contribution in [2.45, 2.75) is 0 Å². The van der Waals surface area contributed by atoms with Crippen LogP contribution in [0.4, 0.5) is 17.1 Å². The zero-order valence-corrected chi connectivity index (χ0v) is 30.6. The van der Waals surface area contributed by atoms with Crippen LogP contribution in [0.3, 0.4) is 0 Å². The molecule has 55 heavy (non-hydrogen) atoms. The Balaban J connectivity index is 1.01. The van der Waals surface area contributed by atoms with E-state index in [0.29, 0.717) is 0 Å². The van der Waals surface area contributed by atoms with Gasteiger partial charge in [0.05, 0.1) is 0 Å². The smallest absolute Gasteiger partial charge is 0.136 e. The molecule has 0 aliphatic rings. The molecule has 2 heterocycles. The molecule has 0 spiro atoms. The zero-order valence-electron chi connectivity index (χ0n) is 29.8. The van der Waals surface area contributed by atoms with Gasteiger partial charge in [0, 0.05) is 48.0 Å². The average Bonchev–Trinajstić information content (AvgIpc) is 3.84. The Kier molecular flexibility index (Phi) is 7.39. The first-order valence-electron chi connectivity index (χ1n) is 18.7. The van der Waals surface area contributed by atoms with Gasteiger partial charge in [0.15, 0.2) is 0 Å². The van der Waals surface area contributed by atoms with E-state index in [4.69, 9.17) is 4.42 Å². The van der Waals surface area contributed by atoms with Crippen LogP contribution in [-0.2, 0) is 0 Å². The summed E-state index contributed by atoms with van der Waals surface area (Å²) >= 11 is 1.89. The van der Waals surface area contributed by atoms with Crippen molar-refractivity contribution in [2.24, 2.45) is 0 Å². The number of thiophene rings is 1. The van der Waals surface area contributed by atoms with Crippen molar-refractivity contribution in [1.82, 2.24) is 0 Å². The molecule has 0 N–H and O–H groups in total. The Labute approximate surface area is 322 Å². The molecule has 9 aromatic carbocycles. The largest absolute Gasteiger partial charge is 0.456 e. The lowest BCUT2D eigenvalue weighted by Crippen LogP contribution is -2.09. The molecular weight excluding hydrogens is 687 g/mol. The first-order valence-corrected chi connectivity index (χ1v) is 19.5. The molecular formula is C52H33NOS. The second-order valence-electron chi connectivity index (χ2n) is 14.1. The van der Waals surface area contributed by atoms with Gasteiger partial charge in [-0.25, -0.2) is 0 Å². The Hall–Kier alpha value is -6.94. The van der Waals surface area contributed by atoms with Gasteiger partial charge in [-0.1, -0.05) is 146 Å². The average molecular weight is 720 g/mol. The number of furan rings is 1. The predicted octanol–water partition coefficient (Wildman–Crippen LogP) is 15.6. The number of rotatable bonds is 6. The summed E-state index contributed by atoms with van der Waals surface area (Å²) in [6, 6.07) is 72.1. The van der Waals surface area contributed by atoms with Crippen LogP contribution in [0.5, 0.6) is 0 Å². The molecule has 3 heteroatoms. The highest BCUT2D eigenvalue weighted by molar-refractivity contribution is 7.26. The lowest BCUT2D eigenvalue weighted by molar-refractivity contribution is 0.669. The highest BCUT2D eigenvalue weighted by Gasteiger charge is 2.17. The van der Waals surface area contributed by atoms with Crippen LogP contribution in [-0.4, -0.2) is 0 Å². The van der Waals surface area contributed by atoms with E-state index in [1.54, 1.807) is 0 Å². The minimum atomic E-state index is 0.905. The van der Waals surface area contributed by atoms with Crippen molar-refractivity contribution in [3.05, 3.63) is 200 Å². The topological polar surface area (TPSA) is 16.4 Å². The Morgan fingerprint density at radius 3 is 1.60 bits per heavy atom. The maximum absolute atomic E-state index is 6.22. The predicted molar refractivity (Wildman–Crippen MR) is 235 cm³/mol. The number of hydrogen-bond acceptors (Lipinski definition) is 3. The molecule has 0 bridgehead atoms. The van der Waals surface area contributed by atoms with Gasteiger partial charge in [-0.3, -0.25) is 0 Å². The third-order valence-corrected chi connectivity index (χ3v) is 12.1. The lowest BCUT2D eigenvalue weighted by Gasteiger charge is -2.26. The molecule has 0 atom stereocenters. The second kappa shape index (κ2) is 12.9. The van der Waals surface area contributed by atoms with Crippen molar-refractivity contribution in [3.8, 4) is 33.4 Å². The van der Waals surface area contributed by atoms with Crippen LogP contribution < -0.4 is 4.90 Å². The van der Waals surface area contributed by atoms with E-state index in [0.717, 1.165) is 44.6 Å². The molecule has 0 amide bonds. The summed E-state index contributed by atoms with van der Waals surface area (Å²) in [6.07, 6.45) is 0. The van der Waals surface area contributed by atoms with E-state index in [1.807, 2.05) is 23.5 Å². The third kappa shape index (κ3) is 5.32. The number of para-hydroxylation sites is 1. The number of nitrogens with zero attached hydrogens (tertiary/aromatic N) is 1. The highest BCUT2D eigenvalue weighted by Crippen LogP contribution is 2.44. The van der Waals surface area contributed by atoms with Gasteiger partial charge in [-0.2, -0.15) is 0 Å². The fraction of sp³-hybridized carbons (Fsp3) is 0. The molecule has 258 valence electrons. The van der Waals surface area contributed by atoms with Gasteiger partial charge in [-0.15, -0.1) is 11.3 Å². The van der Waals surface area contributed by atoms with E-state index >= 15 is 0 Å². The zero-order chi connectivity index (χ0) is 36.3. The summed E-state index contributed by atoms with van der Waals surface area (Å²) in [5.41, 5.74) is 12.3. The molecule has 0 saturated carbocycles. The van der Waals surface area contributed by atoms with E-state index in [2.05, 4.69) is 193 Å². The summed E-state index contributed by atoms with van der Waals surface area (Å²) in [6.45, 7) is 0. The van der Waals surface area contributed by atoms with Crippen LogP contribution in [0.15, 0.2) is 205 Å². The van der Waals surface area contributed by atoms with E-state index in [9.17, 15) is 0 Å². The van der Waals surface area contributed by atoms with Crippen LogP contribution in [0.25, 0.3) is 86.3 Å². The maximum Gasteiger partial charge on any atom is 0.136 e. The molecule has 0 saturated heterocycles. The standard InChI is InChI=1S/C52H33NOS/c1-2-10-34(11-3-1)35-20-27-39(28-21-35)53(40-29-22-37(23-30-40)42-15-8-18-48-50(42)45-14-6-7-17-47(45)54-48)41-31-24-38(25-32-41)43-16-9-19-49-51(43)46-33-26-36-12-4-5-13-44(36)52(46)55-49/h1-33H. The third-order valence-electron chi connectivity index (χ3n) is 10.9. The van der Waals surface area contributed by atoms with Crippen LogP contribution in [0.1, 0.15) is 0 Å². The molecule has 0 fully saturated rings. The van der Waals surface area contributed by atoms with Gasteiger partial charge < -0.3 is 9.32 Å². The van der Waals surface area contributed by atoms with E-state index < -0.39 is 0 Å². The summed E-state index contributed by atoms with van der Waals surface area (Å²) in [7, 11) is 0. The van der Waals surface area contributed by atoms with Gasteiger partial charge >= 0.3 is 0 Å². The minimum absolute atomic E-state index is 0.905. The normalized spacial score (nSPS) is 11.6. The van der Waals surface area contributed by atoms with Crippen molar-refractivity contribution >= 4 is 81.3 Å². The van der Waals surface area contributed by atoms with Crippen LogP contribution in [0, 0.1) is 0 Å². The molecule has 0 aliphatic heterocycles. The quantitative estimate of drug-likeness (QED) is 0.170. The molecule has 11 aromatic rings. The monoisotopic (exact) mass is 719 g/mol. The maximum atomic E-state index is 6.22. The number of anilines is 3. The van der Waals surface area contributed by atoms with Crippen LogP contribution in [0.2, 0.25) is 0 Å². The number of benzene rings is 9. The van der Waals surface area contributed by atoms with Crippen molar-refractivity contribution in [2.75, 3.05) is 4.90 Å². The highest BCUT2D eigenvalue weighted by atomic mass is 32.1.